The SMILES string of the molecule is CS(=O)(=O)c1cc(C(=O)Nc2nc(-c3ccc4c(c3)CCCC4)cs2)ccc1Cl. The van der Waals surface area contributed by atoms with Crippen LogP contribution in [-0.4, -0.2) is 25.6 Å². The third-order valence-electron chi connectivity index (χ3n) is 4.96. The maximum absolute atomic E-state index is 12.6. The van der Waals surface area contributed by atoms with Gasteiger partial charge in [0, 0.05) is 22.8 Å². The molecule has 0 unspecified atom stereocenters. The number of hydrogen-bond donors (Lipinski definition) is 1. The summed E-state index contributed by atoms with van der Waals surface area (Å²) < 4.78 is 23.6. The van der Waals surface area contributed by atoms with Crippen LogP contribution in [0.25, 0.3) is 11.3 Å². The van der Waals surface area contributed by atoms with E-state index in [4.69, 9.17) is 11.6 Å². The van der Waals surface area contributed by atoms with Crippen LogP contribution in [0.3, 0.4) is 0 Å². The van der Waals surface area contributed by atoms with Crippen molar-refractivity contribution in [2.24, 2.45) is 0 Å². The van der Waals surface area contributed by atoms with Crippen molar-refractivity contribution >= 4 is 43.8 Å². The molecule has 2 aromatic carbocycles. The third kappa shape index (κ3) is 4.37. The highest BCUT2D eigenvalue weighted by Crippen LogP contribution is 2.30. The second-order valence-corrected chi connectivity index (χ2v) is 10.3. The van der Waals surface area contributed by atoms with Gasteiger partial charge in [-0.25, -0.2) is 13.4 Å². The van der Waals surface area contributed by atoms with E-state index in [1.807, 2.05) is 5.38 Å². The van der Waals surface area contributed by atoms with Crippen molar-refractivity contribution in [2.45, 2.75) is 30.6 Å². The molecule has 8 heteroatoms. The van der Waals surface area contributed by atoms with Crippen molar-refractivity contribution in [1.29, 1.82) is 0 Å². The van der Waals surface area contributed by atoms with E-state index >= 15 is 0 Å². The molecule has 0 atom stereocenters. The monoisotopic (exact) mass is 446 g/mol. The van der Waals surface area contributed by atoms with Gasteiger partial charge < -0.3 is 0 Å². The molecule has 0 spiro atoms. The molecule has 0 radical (unpaired) electrons. The van der Waals surface area contributed by atoms with Gasteiger partial charge in [0.15, 0.2) is 15.0 Å². The molecule has 0 aliphatic heterocycles. The normalized spacial score (nSPS) is 13.7. The predicted octanol–water partition coefficient (Wildman–Crippen LogP) is 5.00. The number of sulfone groups is 1. The fourth-order valence-corrected chi connectivity index (χ4v) is 5.47. The number of fused-ring (bicyclic) bond motifs is 1. The van der Waals surface area contributed by atoms with Crippen molar-refractivity contribution in [3.63, 3.8) is 0 Å². The Morgan fingerprint density at radius 1 is 1.10 bits per heavy atom. The van der Waals surface area contributed by atoms with Gasteiger partial charge in [0.1, 0.15) is 0 Å². The molecule has 1 aromatic heterocycles. The average molecular weight is 447 g/mol. The number of hydrogen-bond acceptors (Lipinski definition) is 5. The standard InChI is InChI=1S/C21H19ClN2O3S2/c1-29(26,27)19-11-16(8-9-17(19)22)20(25)24-21-23-18(12-28-21)15-7-6-13-4-2-3-5-14(13)10-15/h6-12H,2-5H2,1H3,(H,23,24,25). The Balaban J connectivity index is 1.55. The summed E-state index contributed by atoms with van der Waals surface area (Å²) in [5.41, 5.74) is 4.84. The summed E-state index contributed by atoms with van der Waals surface area (Å²) in [6, 6.07) is 10.6. The molecule has 0 saturated heterocycles. The summed E-state index contributed by atoms with van der Waals surface area (Å²) in [4.78, 5) is 17.0. The van der Waals surface area contributed by atoms with Crippen LogP contribution in [0.2, 0.25) is 5.02 Å². The zero-order valence-corrected chi connectivity index (χ0v) is 18.1. The molecule has 1 N–H and O–H groups in total. The molecular weight excluding hydrogens is 428 g/mol. The first-order valence-corrected chi connectivity index (χ1v) is 12.3. The molecule has 150 valence electrons. The first kappa shape index (κ1) is 20.1. The van der Waals surface area contributed by atoms with Gasteiger partial charge in [-0.2, -0.15) is 0 Å². The number of aryl methyl sites for hydroxylation is 2. The first-order valence-electron chi connectivity index (χ1n) is 9.20. The largest absolute Gasteiger partial charge is 0.298 e. The van der Waals surface area contributed by atoms with Crippen LogP contribution in [0.1, 0.15) is 34.3 Å². The van der Waals surface area contributed by atoms with Crippen LogP contribution in [-0.2, 0) is 22.7 Å². The highest BCUT2D eigenvalue weighted by atomic mass is 35.5. The second-order valence-electron chi connectivity index (χ2n) is 7.10. The molecule has 0 saturated carbocycles. The summed E-state index contributed by atoms with van der Waals surface area (Å²) >= 11 is 7.28. The van der Waals surface area contributed by atoms with Crippen LogP contribution < -0.4 is 5.32 Å². The first-order chi connectivity index (χ1) is 13.8. The predicted molar refractivity (Wildman–Crippen MR) is 117 cm³/mol. The van der Waals surface area contributed by atoms with Gasteiger partial charge in [-0.15, -0.1) is 11.3 Å². The minimum absolute atomic E-state index is 0.0688. The van der Waals surface area contributed by atoms with E-state index in [2.05, 4.69) is 28.5 Å². The lowest BCUT2D eigenvalue weighted by molar-refractivity contribution is 0.102. The molecule has 1 heterocycles. The minimum atomic E-state index is -3.53. The van der Waals surface area contributed by atoms with Crippen molar-refractivity contribution in [2.75, 3.05) is 11.6 Å². The minimum Gasteiger partial charge on any atom is -0.298 e. The molecule has 5 nitrogen and oxygen atoms in total. The van der Waals surface area contributed by atoms with Crippen molar-refractivity contribution < 1.29 is 13.2 Å². The number of carbonyl (C=O) groups is 1. The van der Waals surface area contributed by atoms with Gasteiger partial charge in [-0.3, -0.25) is 10.1 Å². The Morgan fingerprint density at radius 3 is 2.62 bits per heavy atom. The van der Waals surface area contributed by atoms with Crippen LogP contribution >= 0.6 is 22.9 Å². The average Bonchev–Trinajstić information content (AvgIpc) is 3.15. The number of aromatic nitrogens is 1. The third-order valence-corrected chi connectivity index (χ3v) is 7.30. The maximum atomic E-state index is 12.6. The summed E-state index contributed by atoms with van der Waals surface area (Å²) in [5, 5.41) is 5.19. The molecule has 29 heavy (non-hydrogen) atoms. The lowest BCUT2D eigenvalue weighted by Crippen LogP contribution is -2.12. The van der Waals surface area contributed by atoms with E-state index in [1.54, 1.807) is 0 Å². The molecule has 3 aromatic rings. The van der Waals surface area contributed by atoms with Crippen LogP contribution in [0, 0.1) is 0 Å². The van der Waals surface area contributed by atoms with E-state index < -0.39 is 15.7 Å². The van der Waals surface area contributed by atoms with Crippen molar-refractivity contribution in [3.05, 3.63) is 63.5 Å². The molecule has 1 aliphatic carbocycles. The molecular formula is C21H19ClN2O3S2. The number of rotatable bonds is 4. The lowest BCUT2D eigenvalue weighted by atomic mass is 9.90. The zero-order chi connectivity index (χ0) is 20.6. The Bertz CT molecular complexity index is 1200. The van der Waals surface area contributed by atoms with Crippen LogP contribution in [0.15, 0.2) is 46.7 Å². The Hall–Kier alpha value is -2.22. The number of halogens is 1. The van der Waals surface area contributed by atoms with E-state index in [9.17, 15) is 13.2 Å². The summed E-state index contributed by atoms with van der Waals surface area (Å²) in [6.07, 6.45) is 5.73. The van der Waals surface area contributed by atoms with Gasteiger partial charge in [-0.1, -0.05) is 23.7 Å². The summed E-state index contributed by atoms with van der Waals surface area (Å²) in [7, 11) is -3.53. The molecule has 4 rings (SSSR count). The van der Waals surface area contributed by atoms with Gasteiger partial charge in [0.05, 0.1) is 15.6 Å². The fourth-order valence-electron chi connectivity index (χ4n) is 3.45. The van der Waals surface area contributed by atoms with Gasteiger partial charge >= 0.3 is 0 Å². The van der Waals surface area contributed by atoms with Crippen molar-refractivity contribution in [1.82, 2.24) is 4.98 Å². The molecule has 1 amide bonds. The highest BCUT2D eigenvalue weighted by molar-refractivity contribution is 7.90. The topological polar surface area (TPSA) is 76.1 Å². The molecule has 0 bridgehead atoms. The summed E-state index contributed by atoms with van der Waals surface area (Å²) in [5.74, 6) is -0.432. The number of thiazole rings is 1. The van der Waals surface area contributed by atoms with Gasteiger partial charge in [0.25, 0.3) is 5.91 Å². The Morgan fingerprint density at radius 2 is 1.86 bits per heavy atom. The van der Waals surface area contributed by atoms with Crippen LogP contribution in [0.5, 0.6) is 0 Å². The number of amides is 1. The highest BCUT2D eigenvalue weighted by Gasteiger charge is 2.17. The Kier molecular flexibility index (Phi) is 5.46. The molecule has 1 aliphatic rings. The van der Waals surface area contributed by atoms with E-state index in [0.717, 1.165) is 30.4 Å². The van der Waals surface area contributed by atoms with Crippen LogP contribution in [0.4, 0.5) is 5.13 Å². The molecule has 0 fully saturated rings. The number of carbonyl (C=O) groups excluding carboxylic acids is 1. The number of benzene rings is 2. The Labute approximate surface area is 178 Å². The van der Waals surface area contributed by atoms with E-state index in [-0.39, 0.29) is 15.5 Å². The van der Waals surface area contributed by atoms with Crippen molar-refractivity contribution in [3.8, 4) is 11.3 Å². The number of anilines is 1. The zero-order valence-electron chi connectivity index (χ0n) is 15.7. The fraction of sp³-hybridized carbons (Fsp3) is 0.238. The second kappa shape index (κ2) is 7.89. The lowest BCUT2D eigenvalue weighted by Gasteiger charge is -2.16. The van der Waals surface area contributed by atoms with E-state index in [1.165, 1.54) is 53.5 Å². The van der Waals surface area contributed by atoms with E-state index in [0.29, 0.717) is 5.13 Å². The van der Waals surface area contributed by atoms with Gasteiger partial charge in [-0.05, 0) is 61.1 Å². The maximum Gasteiger partial charge on any atom is 0.257 e. The summed E-state index contributed by atoms with van der Waals surface area (Å²) in [6.45, 7) is 0. The smallest absolute Gasteiger partial charge is 0.257 e. The number of nitrogens with zero attached hydrogens (tertiary/aromatic N) is 1. The quantitative estimate of drug-likeness (QED) is 0.611. The number of nitrogens with one attached hydrogen (secondary N) is 1. The van der Waals surface area contributed by atoms with Gasteiger partial charge in [0.2, 0.25) is 0 Å².